The zero-order valence-electron chi connectivity index (χ0n) is 10.3. The Labute approximate surface area is 93.5 Å². The zero-order valence-corrected chi connectivity index (χ0v) is 10.3. The molecule has 0 fully saturated rings. The van der Waals surface area contributed by atoms with Crippen LogP contribution in [-0.4, -0.2) is 9.97 Å². The second kappa shape index (κ2) is 5.94. The Kier molecular flexibility index (Phi) is 4.86. The summed E-state index contributed by atoms with van der Waals surface area (Å²) >= 11 is 0. The van der Waals surface area contributed by atoms with Crippen LogP contribution < -0.4 is 0 Å². The molecular formula is C13H24N2. The molecular weight excluding hydrogens is 184 g/mol. The molecule has 0 aromatic carbocycles. The van der Waals surface area contributed by atoms with Crippen molar-refractivity contribution in [2.24, 2.45) is 5.41 Å². The van der Waals surface area contributed by atoms with E-state index in [0.29, 0.717) is 5.41 Å². The van der Waals surface area contributed by atoms with Crippen molar-refractivity contribution < 1.29 is 0 Å². The van der Waals surface area contributed by atoms with Crippen molar-refractivity contribution in [3.8, 4) is 0 Å². The highest BCUT2D eigenvalue weighted by atomic mass is 14.9. The fourth-order valence-corrected chi connectivity index (χ4v) is 2.35. The minimum absolute atomic E-state index is 0.576. The molecule has 0 spiro atoms. The summed E-state index contributed by atoms with van der Waals surface area (Å²) in [5, 5.41) is 0. The summed E-state index contributed by atoms with van der Waals surface area (Å²) in [6, 6.07) is 0. The molecule has 0 saturated heterocycles. The van der Waals surface area contributed by atoms with E-state index in [1.54, 1.807) is 0 Å². The maximum absolute atomic E-state index is 4.26. The van der Waals surface area contributed by atoms with Crippen molar-refractivity contribution in [2.45, 2.75) is 59.3 Å². The summed E-state index contributed by atoms with van der Waals surface area (Å²) in [6.07, 6.45) is 11.3. The number of hydrogen-bond donors (Lipinski definition) is 1. The first-order chi connectivity index (χ1) is 7.26. The third-order valence-electron chi connectivity index (χ3n) is 3.93. The average Bonchev–Trinajstić information content (AvgIpc) is 2.78. The predicted octanol–water partition coefficient (Wildman–Crippen LogP) is 3.95. The smallest absolute Gasteiger partial charge is 0.105 e. The van der Waals surface area contributed by atoms with Crippen LogP contribution >= 0.6 is 0 Å². The van der Waals surface area contributed by atoms with Gasteiger partial charge in [0.1, 0.15) is 5.82 Å². The lowest BCUT2D eigenvalue weighted by atomic mass is 9.76. The lowest BCUT2D eigenvalue weighted by Crippen LogP contribution is -2.17. The fraction of sp³-hybridized carbons (Fsp3) is 0.769. The van der Waals surface area contributed by atoms with Gasteiger partial charge in [-0.3, -0.25) is 0 Å². The Morgan fingerprint density at radius 3 is 2.33 bits per heavy atom. The van der Waals surface area contributed by atoms with Crippen LogP contribution in [0.1, 0.15) is 58.7 Å². The molecule has 2 heteroatoms. The molecule has 0 unspecified atom stereocenters. The van der Waals surface area contributed by atoms with Crippen LogP contribution in [0.25, 0.3) is 0 Å². The Hall–Kier alpha value is -0.790. The second-order valence-electron chi connectivity index (χ2n) is 4.45. The average molecular weight is 208 g/mol. The van der Waals surface area contributed by atoms with Gasteiger partial charge < -0.3 is 4.98 Å². The van der Waals surface area contributed by atoms with Crippen molar-refractivity contribution in [1.82, 2.24) is 9.97 Å². The maximum Gasteiger partial charge on any atom is 0.105 e. The van der Waals surface area contributed by atoms with Crippen LogP contribution in [-0.2, 0) is 6.42 Å². The highest BCUT2D eigenvalue weighted by Crippen LogP contribution is 2.35. The van der Waals surface area contributed by atoms with Crippen molar-refractivity contribution in [3.05, 3.63) is 18.2 Å². The van der Waals surface area contributed by atoms with Crippen molar-refractivity contribution in [3.63, 3.8) is 0 Å². The molecule has 0 atom stereocenters. The molecule has 0 saturated carbocycles. The Bertz CT molecular complexity index is 239. The molecule has 1 aromatic rings. The van der Waals surface area contributed by atoms with Crippen LogP contribution in [0, 0.1) is 5.41 Å². The molecule has 1 N–H and O–H groups in total. The zero-order chi connectivity index (χ0) is 11.1. The Morgan fingerprint density at radius 1 is 1.20 bits per heavy atom. The van der Waals surface area contributed by atoms with Gasteiger partial charge in [0.25, 0.3) is 0 Å². The van der Waals surface area contributed by atoms with Gasteiger partial charge in [-0.2, -0.15) is 0 Å². The molecule has 0 amide bonds. The van der Waals surface area contributed by atoms with Crippen LogP contribution in [0.15, 0.2) is 12.4 Å². The van der Waals surface area contributed by atoms with E-state index in [2.05, 4.69) is 30.7 Å². The van der Waals surface area contributed by atoms with E-state index in [1.807, 2.05) is 12.4 Å². The van der Waals surface area contributed by atoms with E-state index in [1.165, 1.54) is 32.1 Å². The third-order valence-corrected chi connectivity index (χ3v) is 3.93. The highest BCUT2D eigenvalue weighted by Gasteiger charge is 2.22. The van der Waals surface area contributed by atoms with Crippen molar-refractivity contribution in [2.75, 3.05) is 0 Å². The van der Waals surface area contributed by atoms with Crippen LogP contribution in [0.4, 0.5) is 0 Å². The standard InChI is InChI=1S/C13H24N2/c1-4-13(5-2,6-3)9-7-8-12-14-10-11-15-12/h10-11H,4-9H2,1-3H3,(H,14,15). The molecule has 0 radical (unpaired) electrons. The third kappa shape index (κ3) is 3.37. The monoisotopic (exact) mass is 208 g/mol. The van der Waals surface area contributed by atoms with Gasteiger partial charge in [-0.25, -0.2) is 4.98 Å². The van der Waals surface area contributed by atoms with E-state index in [9.17, 15) is 0 Å². The summed E-state index contributed by atoms with van der Waals surface area (Å²) in [5.41, 5.74) is 0.576. The number of nitrogens with zero attached hydrogens (tertiary/aromatic N) is 1. The predicted molar refractivity (Wildman–Crippen MR) is 64.8 cm³/mol. The number of H-pyrrole nitrogens is 1. The molecule has 2 nitrogen and oxygen atoms in total. The number of aromatic nitrogens is 2. The van der Waals surface area contributed by atoms with Crippen molar-refractivity contribution >= 4 is 0 Å². The van der Waals surface area contributed by atoms with E-state index in [-0.39, 0.29) is 0 Å². The van der Waals surface area contributed by atoms with E-state index in [0.717, 1.165) is 12.2 Å². The van der Waals surface area contributed by atoms with E-state index < -0.39 is 0 Å². The molecule has 86 valence electrons. The second-order valence-corrected chi connectivity index (χ2v) is 4.45. The quantitative estimate of drug-likeness (QED) is 0.722. The van der Waals surface area contributed by atoms with Gasteiger partial charge in [-0.05, 0) is 18.3 Å². The first kappa shape index (κ1) is 12.3. The Morgan fingerprint density at radius 2 is 1.87 bits per heavy atom. The van der Waals surface area contributed by atoms with Crippen LogP contribution in [0.3, 0.4) is 0 Å². The maximum atomic E-state index is 4.26. The van der Waals surface area contributed by atoms with Gasteiger partial charge in [0.2, 0.25) is 0 Å². The van der Waals surface area contributed by atoms with E-state index in [4.69, 9.17) is 0 Å². The summed E-state index contributed by atoms with van der Waals surface area (Å²) < 4.78 is 0. The van der Waals surface area contributed by atoms with Crippen molar-refractivity contribution in [1.29, 1.82) is 0 Å². The molecule has 1 heterocycles. The topological polar surface area (TPSA) is 28.7 Å². The molecule has 15 heavy (non-hydrogen) atoms. The molecule has 0 aliphatic carbocycles. The lowest BCUT2D eigenvalue weighted by molar-refractivity contribution is 0.222. The fourth-order valence-electron chi connectivity index (χ4n) is 2.35. The number of aryl methyl sites for hydroxylation is 1. The van der Waals surface area contributed by atoms with Gasteiger partial charge >= 0.3 is 0 Å². The van der Waals surface area contributed by atoms with Gasteiger partial charge in [0.15, 0.2) is 0 Å². The largest absolute Gasteiger partial charge is 0.349 e. The summed E-state index contributed by atoms with van der Waals surface area (Å²) in [7, 11) is 0. The van der Waals surface area contributed by atoms with Gasteiger partial charge in [-0.15, -0.1) is 0 Å². The van der Waals surface area contributed by atoms with Crippen LogP contribution in [0.2, 0.25) is 0 Å². The Balaban J connectivity index is 2.34. The lowest BCUT2D eigenvalue weighted by Gasteiger charge is -2.30. The number of nitrogens with one attached hydrogen (secondary N) is 1. The summed E-state index contributed by atoms with van der Waals surface area (Å²) in [4.78, 5) is 7.42. The first-order valence-corrected chi connectivity index (χ1v) is 6.24. The minimum Gasteiger partial charge on any atom is -0.349 e. The van der Waals surface area contributed by atoms with Gasteiger partial charge in [-0.1, -0.05) is 40.0 Å². The molecule has 0 bridgehead atoms. The molecule has 1 aromatic heterocycles. The number of rotatable bonds is 7. The highest BCUT2D eigenvalue weighted by molar-refractivity contribution is 4.87. The number of hydrogen-bond acceptors (Lipinski definition) is 1. The van der Waals surface area contributed by atoms with Gasteiger partial charge in [0, 0.05) is 18.8 Å². The normalized spacial score (nSPS) is 11.9. The summed E-state index contributed by atoms with van der Waals surface area (Å²) in [5.74, 6) is 1.13. The van der Waals surface area contributed by atoms with Crippen LogP contribution in [0.5, 0.6) is 0 Å². The molecule has 1 rings (SSSR count). The first-order valence-electron chi connectivity index (χ1n) is 6.24. The van der Waals surface area contributed by atoms with E-state index >= 15 is 0 Å². The number of aromatic amines is 1. The SMILES string of the molecule is CCC(CC)(CC)CCCc1ncc[nH]1. The van der Waals surface area contributed by atoms with Gasteiger partial charge in [0.05, 0.1) is 0 Å². The number of imidazole rings is 1. The molecule has 0 aliphatic heterocycles. The molecule has 0 aliphatic rings. The summed E-state index contributed by atoms with van der Waals surface area (Å²) in [6.45, 7) is 6.96. The minimum atomic E-state index is 0.576.